The molecule has 1 aromatic carbocycles. The summed E-state index contributed by atoms with van der Waals surface area (Å²) in [5, 5.41) is 0. The Balaban J connectivity index is 2.11. The van der Waals surface area contributed by atoms with Crippen molar-refractivity contribution in [2.24, 2.45) is 0 Å². The molecule has 0 spiro atoms. The molecule has 1 aromatic rings. The van der Waals surface area contributed by atoms with Gasteiger partial charge in [0.05, 0.1) is 10.5 Å². The van der Waals surface area contributed by atoms with E-state index in [0.717, 1.165) is 10.2 Å². The van der Waals surface area contributed by atoms with Gasteiger partial charge in [0, 0.05) is 6.07 Å². The Morgan fingerprint density at radius 3 is 2.21 bits per heavy atom. The van der Waals surface area contributed by atoms with Crippen LogP contribution in [0.4, 0.5) is 5.69 Å². The summed E-state index contributed by atoms with van der Waals surface area (Å²) in [5.41, 5.74) is 0.330. The fraction of sp³-hybridized carbons (Fsp3) is 0.400. The zero-order valence-electron chi connectivity index (χ0n) is 11.7. The molecule has 0 atom stereocenters. The molecular formula is C15H19BrNO2+. The van der Waals surface area contributed by atoms with Crippen molar-refractivity contribution in [3.8, 4) is 0 Å². The number of halogens is 1. The van der Waals surface area contributed by atoms with Crippen LogP contribution >= 0.6 is 15.9 Å². The van der Waals surface area contributed by atoms with Crippen LogP contribution in [0.15, 0.2) is 40.8 Å². The zero-order valence-corrected chi connectivity index (χ0v) is 13.2. The van der Waals surface area contributed by atoms with Gasteiger partial charge < -0.3 is 9.47 Å². The second-order valence-electron chi connectivity index (χ2n) is 5.50. The van der Waals surface area contributed by atoms with E-state index in [1.54, 1.807) is 6.08 Å². The Morgan fingerprint density at radius 2 is 1.63 bits per heavy atom. The summed E-state index contributed by atoms with van der Waals surface area (Å²) < 4.78 is 12.6. The summed E-state index contributed by atoms with van der Waals surface area (Å²) >= 11 is 3.48. The molecule has 2 rings (SSSR count). The normalized spacial score (nSPS) is 20.2. The standard InChI is InChI=1S/C15H18BrNO2/c1-14(2)15(3,4)19-13(18-14)9-10-17-12-8-6-5-7-11(12)16/h5-10H,1-4H3/p+1. The molecule has 1 fully saturated rings. The lowest BCUT2D eigenvalue weighted by Crippen LogP contribution is -2.61. The Morgan fingerprint density at radius 1 is 1.05 bits per heavy atom. The zero-order chi connectivity index (χ0) is 14.1. The number of ether oxygens (including phenoxy) is 2. The molecule has 1 heterocycles. The summed E-state index contributed by atoms with van der Waals surface area (Å²) in [7, 11) is 0. The highest BCUT2D eigenvalue weighted by Gasteiger charge is 2.48. The van der Waals surface area contributed by atoms with Crippen LogP contribution in [0.1, 0.15) is 27.7 Å². The van der Waals surface area contributed by atoms with Crippen molar-refractivity contribution < 1.29 is 14.5 Å². The predicted molar refractivity (Wildman–Crippen MR) is 79.2 cm³/mol. The van der Waals surface area contributed by atoms with Crippen LogP contribution in [-0.4, -0.2) is 17.4 Å². The average Bonchev–Trinajstić information content (AvgIpc) is 2.50. The van der Waals surface area contributed by atoms with E-state index in [-0.39, 0.29) is 11.2 Å². The van der Waals surface area contributed by atoms with Gasteiger partial charge in [-0.25, -0.2) is 4.99 Å². The van der Waals surface area contributed by atoms with Crippen LogP contribution in [0.5, 0.6) is 0 Å². The molecule has 3 nitrogen and oxygen atoms in total. The van der Waals surface area contributed by atoms with Gasteiger partial charge in [0.25, 0.3) is 5.95 Å². The molecule has 0 saturated carbocycles. The maximum atomic E-state index is 5.79. The molecule has 0 amide bonds. The van der Waals surface area contributed by atoms with Gasteiger partial charge in [0.15, 0.2) is 6.21 Å². The first-order chi connectivity index (χ1) is 8.82. The molecule has 0 aliphatic carbocycles. The van der Waals surface area contributed by atoms with Gasteiger partial charge in [0.2, 0.25) is 5.69 Å². The fourth-order valence-corrected chi connectivity index (χ4v) is 2.01. The molecule has 1 aliphatic heterocycles. The van der Waals surface area contributed by atoms with Crippen molar-refractivity contribution in [2.75, 3.05) is 0 Å². The molecular weight excluding hydrogens is 306 g/mol. The number of rotatable bonds is 2. The van der Waals surface area contributed by atoms with E-state index in [9.17, 15) is 0 Å². The minimum atomic E-state index is -0.333. The van der Waals surface area contributed by atoms with Gasteiger partial charge in [-0.3, -0.25) is 0 Å². The Labute approximate surface area is 122 Å². The lowest BCUT2D eigenvalue weighted by molar-refractivity contribution is -0.347. The minimum Gasteiger partial charge on any atom is -0.455 e. The number of para-hydroxylation sites is 1. The number of benzene rings is 1. The first-order valence-corrected chi connectivity index (χ1v) is 7.04. The molecule has 19 heavy (non-hydrogen) atoms. The Bertz CT molecular complexity index is 515. The minimum absolute atomic E-state index is 0.333. The second-order valence-corrected chi connectivity index (χ2v) is 6.36. The predicted octanol–water partition coefficient (Wildman–Crippen LogP) is 2.68. The third kappa shape index (κ3) is 3.00. The molecule has 4 heteroatoms. The largest absolute Gasteiger partial charge is 0.455 e. The van der Waals surface area contributed by atoms with E-state index in [0.29, 0.717) is 5.95 Å². The number of hydrogen-bond donors (Lipinski definition) is 1. The van der Waals surface area contributed by atoms with Crippen LogP contribution in [0.2, 0.25) is 0 Å². The highest BCUT2D eigenvalue weighted by Crippen LogP contribution is 2.39. The van der Waals surface area contributed by atoms with Gasteiger partial charge in [0.1, 0.15) is 11.2 Å². The van der Waals surface area contributed by atoms with Crippen LogP contribution in [0.25, 0.3) is 0 Å². The van der Waals surface area contributed by atoms with Gasteiger partial charge in [-0.05, 0) is 49.7 Å². The first kappa shape index (κ1) is 14.1. The second kappa shape index (κ2) is 5.00. The summed E-state index contributed by atoms with van der Waals surface area (Å²) in [6.45, 7) is 8.09. The van der Waals surface area contributed by atoms with Crippen molar-refractivity contribution in [3.05, 3.63) is 40.8 Å². The van der Waals surface area contributed by atoms with Gasteiger partial charge >= 0.3 is 0 Å². The average molecular weight is 325 g/mol. The van der Waals surface area contributed by atoms with Crippen molar-refractivity contribution in [2.45, 2.75) is 38.9 Å². The van der Waals surface area contributed by atoms with Crippen LogP contribution in [0, 0.1) is 0 Å². The third-order valence-electron chi connectivity index (χ3n) is 3.49. The van der Waals surface area contributed by atoms with Gasteiger partial charge in [-0.2, -0.15) is 0 Å². The monoisotopic (exact) mass is 324 g/mol. The van der Waals surface area contributed by atoms with Gasteiger partial charge in [-0.1, -0.05) is 12.1 Å². The summed E-state index contributed by atoms with van der Waals surface area (Å²) in [6, 6.07) is 7.92. The third-order valence-corrected chi connectivity index (χ3v) is 4.19. The fourth-order valence-electron chi connectivity index (χ4n) is 1.62. The lowest BCUT2D eigenvalue weighted by atomic mass is 9.90. The van der Waals surface area contributed by atoms with Crippen LogP contribution in [0.3, 0.4) is 0 Å². The molecule has 0 radical (unpaired) electrons. The summed E-state index contributed by atoms with van der Waals surface area (Å²) in [5.74, 6) is 0.537. The highest BCUT2D eigenvalue weighted by atomic mass is 79.9. The van der Waals surface area contributed by atoms with Gasteiger partial charge in [-0.15, -0.1) is 0 Å². The Kier molecular flexibility index (Phi) is 3.72. The lowest BCUT2D eigenvalue weighted by Gasteiger charge is -2.28. The molecule has 0 bridgehead atoms. The number of allylic oxidation sites excluding steroid dienone is 1. The van der Waals surface area contributed by atoms with E-state index in [1.165, 1.54) is 0 Å². The van der Waals surface area contributed by atoms with Crippen LogP contribution in [-0.2, 0) is 9.47 Å². The molecule has 1 aliphatic rings. The van der Waals surface area contributed by atoms with E-state index in [2.05, 4.69) is 20.9 Å². The van der Waals surface area contributed by atoms with Crippen LogP contribution < -0.4 is 4.99 Å². The van der Waals surface area contributed by atoms with E-state index >= 15 is 0 Å². The first-order valence-electron chi connectivity index (χ1n) is 6.24. The topological polar surface area (TPSA) is 32.4 Å². The van der Waals surface area contributed by atoms with Crippen molar-refractivity contribution in [1.29, 1.82) is 0 Å². The summed E-state index contributed by atoms with van der Waals surface area (Å²) in [4.78, 5) is 3.19. The van der Waals surface area contributed by atoms with Crippen molar-refractivity contribution in [3.63, 3.8) is 0 Å². The molecule has 0 unspecified atom stereocenters. The molecule has 0 aromatic heterocycles. The summed E-state index contributed by atoms with van der Waals surface area (Å²) in [6.07, 6.45) is 3.61. The maximum Gasteiger partial charge on any atom is 0.286 e. The van der Waals surface area contributed by atoms with Crippen molar-refractivity contribution >= 4 is 27.8 Å². The number of hydrogen-bond acceptors (Lipinski definition) is 2. The van der Waals surface area contributed by atoms with Crippen molar-refractivity contribution in [1.82, 2.24) is 0 Å². The molecule has 1 N–H and O–H groups in total. The molecule has 102 valence electrons. The maximum absolute atomic E-state index is 5.79. The Hall–Kier alpha value is -1.29. The van der Waals surface area contributed by atoms with E-state index in [1.807, 2.05) is 58.2 Å². The smallest absolute Gasteiger partial charge is 0.286 e. The van der Waals surface area contributed by atoms with E-state index in [4.69, 9.17) is 9.47 Å². The quantitative estimate of drug-likeness (QED) is 0.848. The number of nitrogens with one attached hydrogen (secondary N) is 1. The SMILES string of the molecule is CC1(C)OC(=CC=[NH+]c2ccccc2Br)OC1(C)C. The molecule has 1 saturated heterocycles. The highest BCUT2D eigenvalue weighted by molar-refractivity contribution is 9.10. The van der Waals surface area contributed by atoms with E-state index < -0.39 is 0 Å².